The molecule has 0 atom stereocenters. The van der Waals surface area contributed by atoms with Crippen molar-refractivity contribution in [3.05, 3.63) is 22.4 Å². The van der Waals surface area contributed by atoms with Crippen molar-refractivity contribution in [2.24, 2.45) is 4.99 Å². The number of aliphatic imine (C=N–C) groups is 1. The largest absolute Gasteiger partial charge is 0.354 e. The summed E-state index contributed by atoms with van der Waals surface area (Å²) in [6.45, 7) is 3.89. The molecule has 1 saturated heterocycles. The monoisotopic (exact) mass is 493 g/mol. The van der Waals surface area contributed by atoms with Gasteiger partial charge in [-0.15, -0.1) is 35.3 Å². The van der Waals surface area contributed by atoms with Crippen LogP contribution in [0, 0.1) is 0 Å². The number of rotatable bonds is 5. The quantitative estimate of drug-likeness (QED) is 0.371. The molecule has 0 radical (unpaired) electrons. The third kappa shape index (κ3) is 7.48. The van der Waals surface area contributed by atoms with Crippen LogP contribution < -0.4 is 10.6 Å². The van der Waals surface area contributed by atoms with Crippen molar-refractivity contribution in [2.45, 2.75) is 32.4 Å². The highest BCUT2D eigenvalue weighted by Crippen LogP contribution is 2.11. The van der Waals surface area contributed by atoms with Crippen LogP contribution in [0.4, 0.5) is 0 Å². The molecule has 2 rings (SSSR count). The van der Waals surface area contributed by atoms with Gasteiger partial charge in [0.05, 0.1) is 6.54 Å². The van der Waals surface area contributed by atoms with E-state index in [1.807, 2.05) is 16.3 Å². The van der Waals surface area contributed by atoms with Gasteiger partial charge in [0.15, 0.2) is 5.96 Å². The molecule has 1 aromatic heterocycles. The van der Waals surface area contributed by atoms with Gasteiger partial charge in [0.2, 0.25) is 11.8 Å². The van der Waals surface area contributed by atoms with Gasteiger partial charge in [-0.05, 0) is 24.3 Å². The molecular weight excluding hydrogens is 465 g/mol. The number of amides is 2. The number of likely N-dealkylation sites (N-methyl/N-ethyl adjacent to an activating group) is 1. The zero-order valence-corrected chi connectivity index (χ0v) is 18.7. The van der Waals surface area contributed by atoms with Crippen LogP contribution in [-0.2, 0) is 16.1 Å². The summed E-state index contributed by atoms with van der Waals surface area (Å²) in [6, 6.07) is 4.32. The molecule has 26 heavy (non-hydrogen) atoms. The second-order valence-electron chi connectivity index (χ2n) is 6.31. The molecule has 2 heterocycles. The van der Waals surface area contributed by atoms with Crippen molar-refractivity contribution in [3.63, 3.8) is 0 Å². The molecular formula is C17H28IN5O2S. The van der Waals surface area contributed by atoms with E-state index >= 15 is 0 Å². The van der Waals surface area contributed by atoms with Crippen LogP contribution in [0.25, 0.3) is 0 Å². The van der Waals surface area contributed by atoms with Gasteiger partial charge in [0, 0.05) is 45.0 Å². The minimum atomic E-state index is -0.0383. The average Bonchev–Trinajstić information content (AvgIpc) is 3.10. The summed E-state index contributed by atoms with van der Waals surface area (Å²) in [5, 5.41) is 8.74. The lowest BCUT2D eigenvalue weighted by Gasteiger charge is -2.32. The number of hydrogen-bond acceptors (Lipinski definition) is 4. The maximum Gasteiger partial charge on any atom is 0.243 e. The van der Waals surface area contributed by atoms with Crippen LogP contribution in [0.1, 0.15) is 24.6 Å². The minimum absolute atomic E-state index is 0. The molecule has 0 aromatic carbocycles. The van der Waals surface area contributed by atoms with Gasteiger partial charge in [0.25, 0.3) is 0 Å². The number of hydrogen-bond donors (Lipinski definition) is 2. The number of nitrogens with one attached hydrogen (secondary N) is 2. The maximum absolute atomic E-state index is 11.8. The van der Waals surface area contributed by atoms with Crippen LogP contribution in [0.5, 0.6) is 0 Å². The molecule has 2 amide bonds. The van der Waals surface area contributed by atoms with Crippen molar-refractivity contribution in [1.29, 1.82) is 0 Å². The van der Waals surface area contributed by atoms with Gasteiger partial charge >= 0.3 is 0 Å². The molecule has 1 fully saturated rings. The normalized spacial score (nSPS) is 15.2. The Morgan fingerprint density at radius 2 is 2.04 bits per heavy atom. The van der Waals surface area contributed by atoms with E-state index in [2.05, 4.69) is 21.7 Å². The number of piperidine rings is 1. The van der Waals surface area contributed by atoms with Crippen molar-refractivity contribution < 1.29 is 9.59 Å². The summed E-state index contributed by atoms with van der Waals surface area (Å²) in [7, 11) is 3.45. The van der Waals surface area contributed by atoms with Crippen LogP contribution in [0.3, 0.4) is 0 Å². The van der Waals surface area contributed by atoms with E-state index in [-0.39, 0.29) is 48.4 Å². The number of nitrogens with zero attached hydrogens (tertiary/aromatic N) is 3. The zero-order chi connectivity index (χ0) is 18.2. The first-order valence-corrected chi connectivity index (χ1v) is 9.36. The molecule has 2 N–H and O–H groups in total. The summed E-state index contributed by atoms with van der Waals surface area (Å²) < 4.78 is 0. The minimum Gasteiger partial charge on any atom is -0.354 e. The molecule has 0 unspecified atom stereocenters. The fourth-order valence-electron chi connectivity index (χ4n) is 2.56. The van der Waals surface area contributed by atoms with Crippen molar-refractivity contribution in [3.8, 4) is 0 Å². The summed E-state index contributed by atoms with van der Waals surface area (Å²) in [5.41, 5.74) is 0. The molecule has 9 heteroatoms. The fraction of sp³-hybridized carbons (Fsp3) is 0.588. The predicted octanol–water partition coefficient (Wildman–Crippen LogP) is 1.50. The Morgan fingerprint density at radius 3 is 2.58 bits per heavy atom. The second kappa shape index (κ2) is 11.4. The molecule has 7 nitrogen and oxygen atoms in total. The molecule has 0 spiro atoms. The number of guanidine groups is 1. The molecule has 0 saturated carbocycles. The first kappa shape index (κ1) is 22.7. The third-order valence-electron chi connectivity index (χ3n) is 4.16. The van der Waals surface area contributed by atoms with E-state index in [9.17, 15) is 9.59 Å². The van der Waals surface area contributed by atoms with Crippen molar-refractivity contribution in [2.75, 3.05) is 33.7 Å². The Hall–Kier alpha value is -1.36. The molecule has 0 bridgehead atoms. The highest BCUT2D eigenvalue weighted by atomic mass is 127. The number of halogens is 1. The van der Waals surface area contributed by atoms with Crippen LogP contribution in [-0.4, -0.2) is 67.3 Å². The van der Waals surface area contributed by atoms with E-state index < -0.39 is 0 Å². The number of carbonyl (C=O) groups is 2. The van der Waals surface area contributed by atoms with Crippen LogP contribution in [0.2, 0.25) is 0 Å². The highest BCUT2D eigenvalue weighted by Gasteiger charge is 2.21. The topological polar surface area (TPSA) is 77.0 Å². The average molecular weight is 493 g/mol. The van der Waals surface area contributed by atoms with E-state index in [0.29, 0.717) is 12.5 Å². The Kier molecular flexibility index (Phi) is 9.92. The van der Waals surface area contributed by atoms with Gasteiger partial charge in [0.1, 0.15) is 6.54 Å². The lowest BCUT2D eigenvalue weighted by atomic mass is 10.1. The fourth-order valence-corrected chi connectivity index (χ4v) is 3.20. The number of thiophene rings is 1. The summed E-state index contributed by atoms with van der Waals surface area (Å²) in [5.74, 6) is 0.730. The first-order chi connectivity index (χ1) is 12.0. The second-order valence-corrected chi connectivity index (χ2v) is 7.34. The maximum atomic E-state index is 11.8. The van der Waals surface area contributed by atoms with E-state index in [1.165, 1.54) is 9.78 Å². The number of carbonyl (C=O) groups excluding carboxylic acids is 2. The van der Waals surface area contributed by atoms with Gasteiger partial charge in [-0.3, -0.25) is 9.59 Å². The first-order valence-electron chi connectivity index (χ1n) is 8.48. The lowest BCUT2D eigenvalue weighted by Crippen LogP contribution is -2.49. The van der Waals surface area contributed by atoms with Gasteiger partial charge in [-0.25, -0.2) is 4.99 Å². The highest BCUT2D eigenvalue weighted by molar-refractivity contribution is 14.0. The van der Waals surface area contributed by atoms with Crippen molar-refractivity contribution in [1.82, 2.24) is 20.4 Å². The SMILES string of the molecule is CC(=O)N1CCC(NC(=NCC(=O)N(C)C)NCc2cccs2)CC1.I. The Labute approximate surface area is 176 Å². The van der Waals surface area contributed by atoms with E-state index in [0.717, 1.165) is 25.9 Å². The third-order valence-corrected chi connectivity index (χ3v) is 5.04. The number of likely N-dealkylation sites (tertiary alicyclic amines) is 1. The Bertz CT molecular complexity index is 598. The summed E-state index contributed by atoms with van der Waals surface area (Å²) in [6.07, 6.45) is 1.75. The van der Waals surface area contributed by atoms with Gasteiger partial charge < -0.3 is 20.4 Å². The van der Waals surface area contributed by atoms with Crippen LogP contribution in [0.15, 0.2) is 22.5 Å². The van der Waals surface area contributed by atoms with Crippen molar-refractivity contribution >= 4 is 53.1 Å². The lowest BCUT2D eigenvalue weighted by molar-refractivity contribution is -0.130. The Balaban J connectivity index is 0.00000338. The van der Waals surface area contributed by atoms with E-state index in [1.54, 1.807) is 32.4 Å². The van der Waals surface area contributed by atoms with Gasteiger partial charge in [-0.2, -0.15) is 0 Å². The smallest absolute Gasteiger partial charge is 0.243 e. The van der Waals surface area contributed by atoms with E-state index in [4.69, 9.17) is 0 Å². The Morgan fingerprint density at radius 1 is 1.35 bits per heavy atom. The molecule has 1 aliphatic rings. The molecule has 0 aliphatic carbocycles. The zero-order valence-electron chi connectivity index (χ0n) is 15.5. The van der Waals surface area contributed by atoms with Crippen LogP contribution >= 0.6 is 35.3 Å². The standard InChI is InChI=1S/C17H27N5O2S.HI/c1-13(23)22-8-6-14(7-9-22)20-17(19-12-16(24)21(2)3)18-11-15-5-4-10-25-15;/h4-5,10,14H,6-9,11-12H2,1-3H3,(H2,18,19,20);1H. The molecule has 146 valence electrons. The predicted molar refractivity (Wildman–Crippen MR) is 116 cm³/mol. The molecule has 1 aliphatic heterocycles. The summed E-state index contributed by atoms with van der Waals surface area (Å²) >= 11 is 1.68. The van der Waals surface area contributed by atoms with Gasteiger partial charge in [-0.1, -0.05) is 6.07 Å². The molecule has 1 aromatic rings. The summed E-state index contributed by atoms with van der Waals surface area (Å²) in [4.78, 5) is 32.3.